The van der Waals surface area contributed by atoms with Crippen molar-refractivity contribution in [2.75, 3.05) is 6.54 Å². The molecule has 3 heterocycles. The lowest BCUT2D eigenvalue weighted by molar-refractivity contribution is 0.333. The molecule has 4 nitrogen and oxygen atoms in total. The Balaban J connectivity index is 1.87. The molecule has 1 aliphatic rings. The number of pyridine rings is 1. The first-order valence-electron chi connectivity index (χ1n) is 5.85. The van der Waals surface area contributed by atoms with Crippen molar-refractivity contribution < 1.29 is 0 Å². The fraction of sp³-hybridized carbons (Fsp3) is 0.500. The highest BCUT2D eigenvalue weighted by molar-refractivity contribution is 5.74. The molecule has 2 aromatic heterocycles. The number of piperidine rings is 1. The van der Waals surface area contributed by atoms with E-state index in [1.54, 1.807) is 0 Å². The van der Waals surface area contributed by atoms with Gasteiger partial charge in [-0.05, 0) is 36.9 Å². The van der Waals surface area contributed by atoms with E-state index in [9.17, 15) is 0 Å². The number of H-pyrrole nitrogens is 1. The molecule has 4 heteroatoms. The Hall–Kier alpha value is -1.42. The lowest BCUT2D eigenvalue weighted by Gasteiger charge is -2.27. The average molecular weight is 216 g/mol. The fourth-order valence-electron chi connectivity index (χ4n) is 2.33. The van der Waals surface area contributed by atoms with E-state index in [2.05, 4.69) is 33.5 Å². The van der Waals surface area contributed by atoms with Crippen molar-refractivity contribution in [1.29, 1.82) is 0 Å². The summed E-state index contributed by atoms with van der Waals surface area (Å²) in [5.41, 5.74) is 2.15. The number of hydrogen-bond donors (Lipinski definition) is 2. The van der Waals surface area contributed by atoms with Crippen LogP contribution in [0.1, 0.15) is 31.4 Å². The van der Waals surface area contributed by atoms with Crippen molar-refractivity contribution in [1.82, 2.24) is 20.5 Å². The van der Waals surface area contributed by atoms with E-state index >= 15 is 0 Å². The van der Waals surface area contributed by atoms with Crippen molar-refractivity contribution in [3.8, 4) is 0 Å². The highest BCUT2D eigenvalue weighted by Gasteiger charge is 2.19. The van der Waals surface area contributed by atoms with Gasteiger partial charge in [0, 0.05) is 17.6 Å². The highest BCUT2D eigenvalue weighted by Crippen LogP contribution is 2.26. The van der Waals surface area contributed by atoms with Gasteiger partial charge in [0.05, 0.1) is 6.20 Å². The summed E-state index contributed by atoms with van der Waals surface area (Å²) in [6, 6.07) is 2.64. The van der Waals surface area contributed by atoms with E-state index < -0.39 is 0 Å². The van der Waals surface area contributed by atoms with E-state index in [1.165, 1.54) is 18.4 Å². The van der Waals surface area contributed by atoms with Crippen LogP contribution in [0.5, 0.6) is 0 Å². The Morgan fingerprint density at radius 2 is 2.25 bits per heavy atom. The first-order valence-corrected chi connectivity index (χ1v) is 5.85. The minimum Gasteiger partial charge on any atom is -0.310 e. The molecule has 0 spiro atoms. The summed E-state index contributed by atoms with van der Waals surface area (Å²) < 4.78 is 0. The average Bonchev–Trinajstić information content (AvgIpc) is 2.77. The number of hydrogen-bond acceptors (Lipinski definition) is 3. The van der Waals surface area contributed by atoms with Crippen molar-refractivity contribution >= 4 is 11.0 Å². The molecule has 2 atom stereocenters. The molecule has 0 bridgehead atoms. The van der Waals surface area contributed by atoms with Crippen LogP contribution >= 0.6 is 0 Å². The maximum atomic E-state index is 4.38. The third-order valence-corrected chi connectivity index (χ3v) is 3.38. The molecular weight excluding hydrogens is 200 g/mol. The number of nitrogens with one attached hydrogen (secondary N) is 2. The Kier molecular flexibility index (Phi) is 2.36. The summed E-state index contributed by atoms with van der Waals surface area (Å²) in [4.78, 5) is 4.38. The Morgan fingerprint density at radius 3 is 3.06 bits per heavy atom. The standard InChI is InChI=1S/C12H16N4/c1-8-2-3-11(13-5-8)9-4-10-7-15-16-12(10)14-6-9/h4,6-8,11,13H,2-3,5H2,1H3,(H,14,15,16). The van der Waals surface area contributed by atoms with Gasteiger partial charge in [-0.2, -0.15) is 5.10 Å². The highest BCUT2D eigenvalue weighted by atomic mass is 15.1. The molecule has 2 N–H and O–H groups in total. The van der Waals surface area contributed by atoms with Crippen LogP contribution < -0.4 is 5.32 Å². The number of rotatable bonds is 1. The molecule has 0 radical (unpaired) electrons. The molecule has 0 aliphatic carbocycles. The monoisotopic (exact) mass is 216 g/mol. The topological polar surface area (TPSA) is 53.6 Å². The number of aromatic amines is 1. The molecular formula is C12H16N4. The largest absolute Gasteiger partial charge is 0.310 e. The zero-order valence-electron chi connectivity index (χ0n) is 9.40. The van der Waals surface area contributed by atoms with E-state index in [4.69, 9.17) is 0 Å². The normalized spacial score (nSPS) is 26.1. The van der Waals surface area contributed by atoms with Gasteiger partial charge < -0.3 is 5.32 Å². The molecule has 84 valence electrons. The van der Waals surface area contributed by atoms with Gasteiger partial charge >= 0.3 is 0 Å². The molecule has 16 heavy (non-hydrogen) atoms. The van der Waals surface area contributed by atoms with Crippen LogP contribution in [0.25, 0.3) is 11.0 Å². The summed E-state index contributed by atoms with van der Waals surface area (Å²) in [7, 11) is 0. The molecule has 3 rings (SSSR count). The lowest BCUT2D eigenvalue weighted by atomic mass is 9.93. The van der Waals surface area contributed by atoms with Crippen LogP contribution in [0.4, 0.5) is 0 Å². The van der Waals surface area contributed by atoms with Crippen molar-refractivity contribution in [3.05, 3.63) is 24.0 Å². The van der Waals surface area contributed by atoms with Crippen LogP contribution in [-0.4, -0.2) is 21.7 Å². The summed E-state index contributed by atoms with van der Waals surface area (Å²) >= 11 is 0. The molecule has 1 aliphatic heterocycles. The Morgan fingerprint density at radius 1 is 1.31 bits per heavy atom. The number of fused-ring (bicyclic) bond motifs is 1. The predicted octanol–water partition coefficient (Wildman–Crippen LogP) is 2.02. The molecule has 2 unspecified atom stereocenters. The second kappa shape index (κ2) is 3.87. The first kappa shape index (κ1) is 9.78. The Labute approximate surface area is 94.5 Å². The van der Waals surface area contributed by atoms with Crippen LogP contribution in [0.3, 0.4) is 0 Å². The second-order valence-corrected chi connectivity index (χ2v) is 4.72. The van der Waals surface area contributed by atoms with Gasteiger partial charge in [-0.15, -0.1) is 0 Å². The summed E-state index contributed by atoms with van der Waals surface area (Å²) in [6.45, 7) is 3.40. The molecule has 1 fully saturated rings. The summed E-state index contributed by atoms with van der Waals surface area (Å²) in [5.74, 6) is 0.793. The smallest absolute Gasteiger partial charge is 0.155 e. The van der Waals surface area contributed by atoms with Crippen LogP contribution in [0, 0.1) is 5.92 Å². The van der Waals surface area contributed by atoms with Crippen LogP contribution in [0.15, 0.2) is 18.5 Å². The second-order valence-electron chi connectivity index (χ2n) is 4.72. The first-order chi connectivity index (χ1) is 7.83. The zero-order chi connectivity index (χ0) is 11.0. The van der Waals surface area contributed by atoms with Gasteiger partial charge in [0.1, 0.15) is 0 Å². The van der Waals surface area contributed by atoms with E-state index in [0.717, 1.165) is 23.5 Å². The number of aromatic nitrogens is 3. The van der Waals surface area contributed by atoms with Gasteiger partial charge in [-0.1, -0.05) is 6.92 Å². The lowest BCUT2D eigenvalue weighted by Crippen LogP contribution is -2.31. The zero-order valence-corrected chi connectivity index (χ0v) is 9.40. The van der Waals surface area contributed by atoms with Gasteiger partial charge in [-0.3, -0.25) is 5.10 Å². The third kappa shape index (κ3) is 1.69. The van der Waals surface area contributed by atoms with Gasteiger partial charge in [-0.25, -0.2) is 4.98 Å². The quantitative estimate of drug-likeness (QED) is 0.766. The fourth-order valence-corrected chi connectivity index (χ4v) is 2.33. The van der Waals surface area contributed by atoms with Crippen molar-refractivity contribution in [2.45, 2.75) is 25.8 Å². The maximum absolute atomic E-state index is 4.38. The molecule has 0 saturated carbocycles. The Bertz CT molecular complexity index is 482. The van der Waals surface area contributed by atoms with Crippen molar-refractivity contribution in [3.63, 3.8) is 0 Å². The van der Waals surface area contributed by atoms with Crippen molar-refractivity contribution in [2.24, 2.45) is 5.92 Å². The predicted molar refractivity (Wildman–Crippen MR) is 63.0 cm³/mol. The molecule has 0 aromatic carbocycles. The molecule has 0 amide bonds. The SMILES string of the molecule is CC1CCC(c2cnc3[nH]ncc3c2)NC1. The van der Waals surface area contributed by atoms with Gasteiger partial charge in [0.25, 0.3) is 0 Å². The van der Waals surface area contributed by atoms with Crippen LogP contribution in [0.2, 0.25) is 0 Å². The van der Waals surface area contributed by atoms with Crippen LogP contribution in [-0.2, 0) is 0 Å². The minimum atomic E-state index is 0.461. The summed E-state index contributed by atoms with van der Waals surface area (Å²) in [6.07, 6.45) is 6.28. The summed E-state index contributed by atoms with van der Waals surface area (Å²) in [5, 5.41) is 11.5. The minimum absolute atomic E-state index is 0.461. The third-order valence-electron chi connectivity index (χ3n) is 3.38. The van der Waals surface area contributed by atoms with E-state index in [0.29, 0.717) is 6.04 Å². The van der Waals surface area contributed by atoms with E-state index in [1.807, 2.05) is 12.4 Å². The maximum Gasteiger partial charge on any atom is 0.155 e. The van der Waals surface area contributed by atoms with E-state index in [-0.39, 0.29) is 0 Å². The van der Waals surface area contributed by atoms with Gasteiger partial charge in [0.15, 0.2) is 5.65 Å². The molecule has 2 aromatic rings. The van der Waals surface area contributed by atoms with Gasteiger partial charge in [0.2, 0.25) is 0 Å². The number of nitrogens with zero attached hydrogens (tertiary/aromatic N) is 2. The molecule has 1 saturated heterocycles.